The van der Waals surface area contributed by atoms with E-state index in [1.807, 2.05) is 60.7 Å². The smallest absolute Gasteiger partial charge is 0.281 e. The second-order valence-electron chi connectivity index (χ2n) is 7.69. The van der Waals surface area contributed by atoms with Crippen LogP contribution in [0, 0.1) is 0 Å². The topological polar surface area (TPSA) is 54.4 Å². The maximum Gasteiger partial charge on any atom is 0.460 e. The Morgan fingerprint density at radius 2 is 0.875 bits per heavy atom. The van der Waals surface area contributed by atoms with Crippen LogP contribution in [0.3, 0.4) is 0 Å². The molecule has 0 radical (unpaired) electrons. The lowest BCUT2D eigenvalue weighted by Crippen LogP contribution is -2.63. The van der Waals surface area contributed by atoms with E-state index in [9.17, 15) is 61.1 Å². The molecule has 0 heterocycles. The Morgan fingerprint density at radius 3 is 1.18 bits per heavy atom. The lowest BCUT2D eigenvalue weighted by molar-refractivity contribution is -0.382. The monoisotopic (exact) mass is 630 g/mol. The van der Waals surface area contributed by atoms with Crippen molar-refractivity contribution < 1.29 is 65.7 Å². The van der Waals surface area contributed by atoms with Crippen molar-refractivity contribution in [3.05, 3.63) is 90.5 Å². The molecule has 3 aromatic rings. The number of rotatable bonds is 6. The molecule has 0 spiro atoms. The molecule has 0 unspecified atom stereocenters. The fourth-order valence-electron chi connectivity index (χ4n) is 2.92. The van der Waals surface area contributed by atoms with Crippen LogP contribution in [0.5, 0.6) is 0 Å². The molecule has 3 rings (SSSR count). The standard InChI is InChI=1S/C19H14F3P.C4HF9O3S/c20-19(21,22)15-11-13-18(14-12-15)23(16-7-3-1-4-8-16)17-9-5-2-6-10-17;5-1(6,3(9,10)11)2(7,8)4(12,13)17(14,15)16/h1-14H;(H,14,15,16). The van der Waals surface area contributed by atoms with E-state index >= 15 is 0 Å². The predicted molar refractivity (Wildman–Crippen MR) is 123 cm³/mol. The molecule has 0 aliphatic carbocycles. The Labute approximate surface area is 219 Å². The maximum atomic E-state index is 12.8. The van der Waals surface area contributed by atoms with E-state index < -0.39 is 53.1 Å². The number of hydrogen-bond donors (Lipinski definition) is 1. The van der Waals surface area contributed by atoms with Crippen molar-refractivity contribution in [2.75, 3.05) is 0 Å². The highest BCUT2D eigenvalue weighted by molar-refractivity contribution is 7.87. The Bertz CT molecular complexity index is 1320. The molecule has 40 heavy (non-hydrogen) atoms. The first kappa shape index (κ1) is 33.4. The molecule has 0 saturated carbocycles. The summed E-state index contributed by atoms with van der Waals surface area (Å²) in [6.45, 7) is 0. The summed E-state index contributed by atoms with van der Waals surface area (Å²) in [6.07, 6.45) is -11.4. The van der Waals surface area contributed by atoms with E-state index in [1.165, 1.54) is 0 Å². The molecule has 17 heteroatoms. The van der Waals surface area contributed by atoms with Gasteiger partial charge in [-0.3, -0.25) is 4.55 Å². The van der Waals surface area contributed by atoms with Gasteiger partial charge in [0.05, 0.1) is 5.56 Å². The Balaban J connectivity index is 0.000000296. The highest BCUT2D eigenvalue weighted by Gasteiger charge is 2.85. The van der Waals surface area contributed by atoms with Crippen LogP contribution in [0.2, 0.25) is 0 Å². The largest absolute Gasteiger partial charge is 0.460 e. The zero-order valence-electron chi connectivity index (χ0n) is 19.2. The summed E-state index contributed by atoms with van der Waals surface area (Å²) in [7, 11) is -8.03. The average Bonchev–Trinajstić information content (AvgIpc) is 2.84. The molecular weight excluding hydrogens is 615 g/mol. The van der Waals surface area contributed by atoms with Gasteiger partial charge in [0, 0.05) is 0 Å². The van der Waals surface area contributed by atoms with E-state index in [0.29, 0.717) is 0 Å². The third-order valence-corrected chi connectivity index (χ3v) is 8.27. The molecule has 0 amide bonds. The molecule has 0 saturated heterocycles. The van der Waals surface area contributed by atoms with Crippen LogP contribution >= 0.6 is 7.92 Å². The van der Waals surface area contributed by atoms with Crippen LogP contribution in [-0.4, -0.2) is 36.2 Å². The highest BCUT2D eigenvalue weighted by atomic mass is 32.2. The SMILES string of the molecule is FC(F)(F)c1ccc(P(c2ccccc2)c2ccccc2)cc1.O=S(=O)(O)C(F)(F)C(F)(F)C(F)(F)C(F)(F)F. The predicted octanol–water partition coefficient (Wildman–Crippen LogP) is 6.76. The first-order chi connectivity index (χ1) is 18.1. The van der Waals surface area contributed by atoms with Crippen molar-refractivity contribution in [1.82, 2.24) is 0 Å². The lowest BCUT2D eigenvalue weighted by Gasteiger charge is -2.31. The van der Waals surface area contributed by atoms with Crippen molar-refractivity contribution in [3.8, 4) is 0 Å². The highest BCUT2D eigenvalue weighted by Crippen LogP contribution is 2.54. The minimum absolute atomic E-state index is 0.614. The summed E-state index contributed by atoms with van der Waals surface area (Å²) < 4.78 is 172. The van der Waals surface area contributed by atoms with Crippen molar-refractivity contribution in [2.45, 2.75) is 29.5 Å². The van der Waals surface area contributed by atoms with Crippen LogP contribution in [0.4, 0.5) is 52.7 Å². The summed E-state index contributed by atoms with van der Waals surface area (Å²) in [5.74, 6) is -14.7. The summed E-state index contributed by atoms with van der Waals surface area (Å²) in [4.78, 5) is 0. The van der Waals surface area contributed by atoms with Gasteiger partial charge in [-0.1, -0.05) is 72.8 Å². The maximum absolute atomic E-state index is 12.8. The van der Waals surface area contributed by atoms with Gasteiger partial charge in [-0.2, -0.15) is 61.1 Å². The van der Waals surface area contributed by atoms with Gasteiger partial charge in [0.25, 0.3) is 0 Å². The van der Waals surface area contributed by atoms with Gasteiger partial charge >= 0.3 is 39.6 Å². The first-order valence-electron chi connectivity index (χ1n) is 10.3. The van der Waals surface area contributed by atoms with Crippen LogP contribution in [-0.2, 0) is 16.3 Å². The Hall–Kier alpha value is -2.84. The van der Waals surface area contributed by atoms with Crippen LogP contribution in [0.1, 0.15) is 5.56 Å². The molecule has 0 aliphatic rings. The van der Waals surface area contributed by atoms with Gasteiger partial charge in [-0.25, -0.2) is 0 Å². The Morgan fingerprint density at radius 1 is 0.525 bits per heavy atom. The number of alkyl halides is 12. The molecular formula is C23H15F12O3PS. The minimum atomic E-state index is -7.37. The molecule has 0 bridgehead atoms. The average molecular weight is 630 g/mol. The summed E-state index contributed by atoms with van der Waals surface area (Å²) >= 11 is 0. The normalized spacial score (nSPS) is 13.6. The number of hydrogen-bond acceptors (Lipinski definition) is 2. The molecule has 0 atom stereocenters. The van der Waals surface area contributed by atoms with E-state index in [1.54, 1.807) is 12.1 Å². The van der Waals surface area contributed by atoms with E-state index in [4.69, 9.17) is 4.55 Å². The van der Waals surface area contributed by atoms with E-state index in [-0.39, 0.29) is 0 Å². The third-order valence-electron chi connectivity index (χ3n) is 4.92. The fraction of sp³-hybridized carbons (Fsp3) is 0.217. The molecule has 0 aliphatic heterocycles. The minimum Gasteiger partial charge on any atom is -0.281 e. The van der Waals surface area contributed by atoms with Gasteiger partial charge in [0.15, 0.2) is 0 Å². The van der Waals surface area contributed by atoms with Crippen molar-refractivity contribution in [3.63, 3.8) is 0 Å². The zero-order valence-corrected chi connectivity index (χ0v) is 20.9. The first-order valence-corrected chi connectivity index (χ1v) is 13.1. The molecule has 3 nitrogen and oxygen atoms in total. The van der Waals surface area contributed by atoms with Crippen LogP contribution in [0.15, 0.2) is 84.9 Å². The quantitative estimate of drug-likeness (QED) is 0.186. The van der Waals surface area contributed by atoms with Crippen molar-refractivity contribution in [2.24, 2.45) is 0 Å². The van der Waals surface area contributed by atoms with Gasteiger partial charge in [-0.15, -0.1) is 0 Å². The van der Waals surface area contributed by atoms with Gasteiger partial charge in [0.1, 0.15) is 0 Å². The summed E-state index contributed by atoms with van der Waals surface area (Å²) in [5, 5.41) is -3.86. The number of benzene rings is 3. The fourth-order valence-corrected chi connectivity index (χ4v) is 5.66. The molecule has 3 aromatic carbocycles. The second-order valence-corrected chi connectivity index (χ2v) is 11.4. The van der Waals surface area contributed by atoms with Gasteiger partial charge < -0.3 is 0 Å². The van der Waals surface area contributed by atoms with Crippen molar-refractivity contribution in [1.29, 1.82) is 0 Å². The van der Waals surface area contributed by atoms with Gasteiger partial charge in [0.2, 0.25) is 0 Å². The second kappa shape index (κ2) is 11.6. The zero-order chi connectivity index (χ0) is 30.8. The van der Waals surface area contributed by atoms with E-state index in [2.05, 4.69) is 0 Å². The van der Waals surface area contributed by atoms with Gasteiger partial charge in [-0.05, 0) is 36.0 Å². The third kappa shape index (κ3) is 6.89. The summed E-state index contributed by atoms with van der Waals surface area (Å²) in [5.41, 5.74) is -0.614. The number of halogens is 12. The van der Waals surface area contributed by atoms with Crippen LogP contribution in [0.25, 0.3) is 0 Å². The molecule has 0 aromatic heterocycles. The molecule has 1 N–H and O–H groups in total. The van der Waals surface area contributed by atoms with E-state index in [0.717, 1.165) is 28.0 Å². The van der Waals surface area contributed by atoms with Crippen LogP contribution < -0.4 is 15.9 Å². The lowest BCUT2D eigenvalue weighted by atomic mass is 10.1. The summed E-state index contributed by atoms with van der Waals surface area (Å²) in [6, 6.07) is 25.3. The van der Waals surface area contributed by atoms with Crippen molar-refractivity contribution >= 4 is 34.0 Å². The molecule has 220 valence electrons. The Kier molecular flexibility index (Phi) is 9.65. The molecule has 0 fully saturated rings.